The van der Waals surface area contributed by atoms with Gasteiger partial charge in [-0.15, -0.1) is 0 Å². The van der Waals surface area contributed by atoms with Gasteiger partial charge in [-0.25, -0.2) is 17.5 Å². The van der Waals surface area contributed by atoms with Gasteiger partial charge in [-0.3, -0.25) is 4.79 Å². The van der Waals surface area contributed by atoms with E-state index in [9.17, 15) is 18.0 Å². The Balaban J connectivity index is 2.23. The van der Waals surface area contributed by atoms with Crippen LogP contribution in [0, 0.1) is 6.92 Å². The van der Waals surface area contributed by atoms with Crippen LogP contribution in [0.2, 0.25) is 0 Å². The predicted molar refractivity (Wildman–Crippen MR) is 122 cm³/mol. The summed E-state index contributed by atoms with van der Waals surface area (Å²) in [6.07, 6.45) is -1.19. The molecule has 0 aliphatic carbocycles. The highest BCUT2D eigenvalue weighted by Crippen LogP contribution is 2.40. The number of anilines is 1. The van der Waals surface area contributed by atoms with Crippen molar-refractivity contribution in [2.45, 2.75) is 24.8 Å². The third-order valence-corrected chi connectivity index (χ3v) is 6.63. The van der Waals surface area contributed by atoms with Crippen molar-refractivity contribution in [1.29, 1.82) is 0 Å². The minimum Gasteiger partial charge on any atom is -0.493 e. The summed E-state index contributed by atoms with van der Waals surface area (Å²) in [6, 6.07) is 7.34. The molecule has 1 atom stereocenters. The van der Waals surface area contributed by atoms with Crippen molar-refractivity contribution in [2.75, 3.05) is 40.7 Å². The Hall–Kier alpha value is -3.31. The quantitative estimate of drug-likeness (QED) is 0.544. The molecule has 0 fully saturated rings. The average Bonchev–Trinajstić information content (AvgIpc) is 2.78. The smallest absolute Gasteiger partial charge is 0.342 e. The van der Waals surface area contributed by atoms with Gasteiger partial charge in [0, 0.05) is 19.8 Å². The molecule has 0 bridgehead atoms. The number of nitrogens with one attached hydrogen (secondary N) is 1. The number of methoxy groups -OCH3 is 3. The summed E-state index contributed by atoms with van der Waals surface area (Å²) in [6.45, 7) is 3.11. The zero-order chi connectivity index (χ0) is 24.9. The molecule has 33 heavy (non-hydrogen) atoms. The zero-order valence-corrected chi connectivity index (χ0v) is 20.4. The summed E-state index contributed by atoms with van der Waals surface area (Å²) in [5.41, 5.74) is 0.973. The number of rotatable bonds is 9. The summed E-state index contributed by atoms with van der Waals surface area (Å²) < 4.78 is 46.9. The summed E-state index contributed by atoms with van der Waals surface area (Å²) in [7, 11) is 3.35. The van der Waals surface area contributed by atoms with Crippen LogP contribution in [0.3, 0.4) is 0 Å². The molecule has 0 heterocycles. The number of sulfonamides is 1. The molecule has 0 radical (unpaired) electrons. The van der Waals surface area contributed by atoms with Gasteiger partial charge in [0.25, 0.3) is 5.91 Å². The largest absolute Gasteiger partial charge is 0.493 e. The van der Waals surface area contributed by atoms with E-state index in [0.29, 0.717) is 11.3 Å². The van der Waals surface area contributed by atoms with Crippen LogP contribution < -0.4 is 19.5 Å². The third kappa shape index (κ3) is 5.55. The fourth-order valence-corrected chi connectivity index (χ4v) is 3.81. The van der Waals surface area contributed by atoms with Crippen LogP contribution in [0.5, 0.6) is 17.2 Å². The Morgan fingerprint density at radius 3 is 2.15 bits per heavy atom. The molecule has 0 saturated heterocycles. The first-order chi connectivity index (χ1) is 15.5. The second-order valence-corrected chi connectivity index (χ2v) is 9.33. The minimum absolute atomic E-state index is 0.0214. The normalized spacial score (nSPS) is 12.1. The van der Waals surface area contributed by atoms with Crippen molar-refractivity contribution < 1.29 is 37.0 Å². The predicted octanol–water partition coefficient (Wildman–Crippen LogP) is 2.46. The molecule has 1 amide bonds. The number of esters is 1. The third-order valence-electron chi connectivity index (χ3n) is 4.82. The molecular weight excluding hydrogens is 452 g/mol. The highest BCUT2D eigenvalue weighted by Gasteiger charge is 2.26. The zero-order valence-electron chi connectivity index (χ0n) is 19.6. The number of benzene rings is 2. The van der Waals surface area contributed by atoms with Crippen molar-refractivity contribution in [2.24, 2.45) is 0 Å². The molecule has 11 heteroatoms. The molecule has 2 aromatic rings. The average molecular weight is 481 g/mol. The van der Waals surface area contributed by atoms with Gasteiger partial charge in [0.2, 0.25) is 15.8 Å². The van der Waals surface area contributed by atoms with Gasteiger partial charge in [-0.05, 0) is 43.7 Å². The fourth-order valence-electron chi connectivity index (χ4n) is 2.88. The minimum atomic E-state index is -3.69. The SMILES string of the molecule is COc1ccc(C(=O)OC(C)C(=O)Nc2cc(S(=O)(=O)N(C)C)ccc2C)c(OC)c1OC. The maximum Gasteiger partial charge on any atom is 0.342 e. The summed E-state index contributed by atoms with van der Waals surface area (Å²) in [4.78, 5) is 25.4. The van der Waals surface area contributed by atoms with E-state index in [1.807, 2.05) is 0 Å². The lowest BCUT2D eigenvalue weighted by Crippen LogP contribution is -2.30. The molecule has 180 valence electrons. The number of ether oxygens (including phenoxy) is 4. The molecule has 0 saturated carbocycles. The standard InChI is InChI=1S/C22H28N2O8S/c1-13-8-9-15(33(27,28)24(3)4)12-17(13)23-21(25)14(2)32-22(26)16-10-11-18(29-5)20(31-7)19(16)30-6/h8-12,14H,1-7H3,(H,23,25). The second-order valence-electron chi connectivity index (χ2n) is 7.18. The lowest BCUT2D eigenvalue weighted by atomic mass is 10.1. The number of hydrogen-bond donors (Lipinski definition) is 1. The van der Waals surface area contributed by atoms with Crippen molar-refractivity contribution in [1.82, 2.24) is 4.31 Å². The van der Waals surface area contributed by atoms with Crippen molar-refractivity contribution >= 4 is 27.6 Å². The lowest BCUT2D eigenvalue weighted by Gasteiger charge is -2.18. The second kappa shape index (κ2) is 10.5. The molecule has 2 rings (SSSR count). The van der Waals surface area contributed by atoms with E-state index >= 15 is 0 Å². The van der Waals surface area contributed by atoms with Gasteiger partial charge in [-0.1, -0.05) is 6.07 Å². The highest BCUT2D eigenvalue weighted by molar-refractivity contribution is 7.89. The van der Waals surface area contributed by atoms with Gasteiger partial charge in [0.1, 0.15) is 5.56 Å². The number of hydrogen-bond acceptors (Lipinski definition) is 8. The van der Waals surface area contributed by atoms with E-state index in [1.54, 1.807) is 13.0 Å². The highest BCUT2D eigenvalue weighted by atomic mass is 32.2. The molecule has 0 spiro atoms. The Morgan fingerprint density at radius 1 is 0.970 bits per heavy atom. The van der Waals surface area contributed by atoms with Crippen molar-refractivity contribution in [3.63, 3.8) is 0 Å². The van der Waals surface area contributed by atoms with Crippen LogP contribution in [0.1, 0.15) is 22.8 Å². The topological polar surface area (TPSA) is 120 Å². The van der Waals surface area contributed by atoms with Crippen LogP contribution in [0.15, 0.2) is 35.2 Å². The molecule has 0 aliphatic heterocycles. The molecule has 0 aliphatic rings. The number of nitrogens with zero attached hydrogens (tertiary/aromatic N) is 1. The van der Waals surface area contributed by atoms with E-state index < -0.39 is 28.0 Å². The maximum absolute atomic E-state index is 12.7. The summed E-state index contributed by atoms with van der Waals surface area (Å²) >= 11 is 0. The van der Waals surface area contributed by atoms with Crippen molar-refractivity contribution in [3.05, 3.63) is 41.5 Å². The molecular formula is C22H28N2O8S. The molecule has 2 aromatic carbocycles. The Labute approximate surface area is 193 Å². The number of amides is 1. The van der Waals surface area contributed by atoms with E-state index in [0.717, 1.165) is 4.31 Å². The lowest BCUT2D eigenvalue weighted by molar-refractivity contribution is -0.123. The van der Waals surface area contributed by atoms with E-state index in [2.05, 4.69) is 5.32 Å². The van der Waals surface area contributed by atoms with Crippen LogP contribution in [0.25, 0.3) is 0 Å². The molecule has 1 N–H and O–H groups in total. The monoisotopic (exact) mass is 480 g/mol. The van der Waals surface area contributed by atoms with Gasteiger partial charge in [-0.2, -0.15) is 0 Å². The number of carbonyl (C=O) groups is 2. The molecule has 1 unspecified atom stereocenters. The first kappa shape index (κ1) is 25.9. The van der Waals surface area contributed by atoms with E-state index in [4.69, 9.17) is 18.9 Å². The van der Waals surface area contributed by atoms with Crippen LogP contribution >= 0.6 is 0 Å². The van der Waals surface area contributed by atoms with Gasteiger partial charge in [0.05, 0.1) is 26.2 Å². The van der Waals surface area contributed by atoms with E-state index in [1.165, 1.54) is 66.6 Å². The molecule has 10 nitrogen and oxygen atoms in total. The summed E-state index contributed by atoms with van der Waals surface area (Å²) in [5, 5.41) is 2.61. The Kier molecular flexibility index (Phi) is 8.29. The van der Waals surface area contributed by atoms with Gasteiger partial charge >= 0.3 is 5.97 Å². The van der Waals surface area contributed by atoms with Gasteiger partial charge < -0.3 is 24.3 Å². The van der Waals surface area contributed by atoms with E-state index in [-0.39, 0.29) is 27.6 Å². The molecule has 0 aromatic heterocycles. The van der Waals surface area contributed by atoms with Crippen molar-refractivity contribution in [3.8, 4) is 17.2 Å². The van der Waals surface area contributed by atoms with Crippen LogP contribution in [0.4, 0.5) is 5.69 Å². The number of aryl methyl sites for hydroxylation is 1. The van der Waals surface area contributed by atoms with Crippen LogP contribution in [-0.2, 0) is 19.6 Å². The maximum atomic E-state index is 12.7. The van der Waals surface area contributed by atoms with Crippen LogP contribution in [-0.4, -0.2) is 66.1 Å². The Morgan fingerprint density at radius 2 is 1.61 bits per heavy atom. The first-order valence-electron chi connectivity index (χ1n) is 9.81. The first-order valence-corrected chi connectivity index (χ1v) is 11.3. The fraction of sp³-hybridized carbons (Fsp3) is 0.364. The Bertz CT molecular complexity index is 1150. The summed E-state index contributed by atoms with van der Waals surface area (Å²) in [5.74, 6) is -0.769. The number of carbonyl (C=O) groups excluding carboxylic acids is 2. The van der Waals surface area contributed by atoms with Gasteiger partial charge in [0.15, 0.2) is 17.6 Å².